The number of rotatable bonds is 1. The maximum absolute atomic E-state index is 12.1. The number of anilines is 1. The number of aryl methyl sites for hydroxylation is 2. The number of fused-ring (bicyclic) bond motifs is 1. The van der Waals surface area contributed by atoms with Crippen LogP contribution < -0.4 is 11.4 Å². The third-order valence-corrected chi connectivity index (χ3v) is 3.22. The van der Waals surface area contributed by atoms with E-state index in [-0.39, 0.29) is 5.89 Å². The molecule has 0 unspecified atom stereocenters. The lowest BCUT2D eigenvalue weighted by molar-refractivity contribution is 0.518. The van der Waals surface area contributed by atoms with Crippen molar-refractivity contribution in [3.63, 3.8) is 0 Å². The Morgan fingerprint density at radius 3 is 2.55 bits per heavy atom. The largest absolute Gasteiger partial charge is 0.403 e. The lowest BCUT2D eigenvalue weighted by Crippen LogP contribution is -2.04. The van der Waals surface area contributed by atoms with Gasteiger partial charge in [-0.1, -0.05) is 23.3 Å². The molecular weight excluding hydrogens is 252 g/mol. The third-order valence-electron chi connectivity index (χ3n) is 3.22. The summed E-state index contributed by atoms with van der Waals surface area (Å²) in [5.41, 5.74) is 9.37. The Hall–Kier alpha value is -2.62. The number of benzene rings is 2. The van der Waals surface area contributed by atoms with E-state index in [0.29, 0.717) is 22.2 Å². The molecule has 0 aliphatic heterocycles. The number of aromatic nitrogens is 1. The fourth-order valence-corrected chi connectivity index (χ4v) is 2.16. The molecule has 0 fully saturated rings. The summed E-state index contributed by atoms with van der Waals surface area (Å²) in [4.78, 5) is 16.5. The SMILES string of the molecule is Cc1ccc(N)c(-c2nc3ccc(C)cc3c(=O)o2)c1. The lowest BCUT2D eigenvalue weighted by atomic mass is 10.1. The smallest absolute Gasteiger partial charge is 0.347 e. The molecule has 0 aliphatic carbocycles. The average molecular weight is 266 g/mol. The molecule has 1 heterocycles. The van der Waals surface area contributed by atoms with Crippen LogP contribution in [-0.2, 0) is 0 Å². The summed E-state index contributed by atoms with van der Waals surface area (Å²) in [5.74, 6) is 0.257. The van der Waals surface area contributed by atoms with E-state index in [2.05, 4.69) is 4.98 Å². The van der Waals surface area contributed by atoms with Gasteiger partial charge in [0.05, 0.1) is 16.5 Å². The first kappa shape index (κ1) is 12.4. The van der Waals surface area contributed by atoms with Crippen molar-refractivity contribution in [2.45, 2.75) is 13.8 Å². The Labute approximate surface area is 115 Å². The minimum atomic E-state index is -0.394. The highest BCUT2D eigenvalue weighted by molar-refractivity contribution is 5.81. The van der Waals surface area contributed by atoms with Gasteiger partial charge < -0.3 is 10.2 Å². The average Bonchev–Trinajstić information content (AvgIpc) is 2.42. The van der Waals surface area contributed by atoms with E-state index >= 15 is 0 Å². The van der Waals surface area contributed by atoms with Gasteiger partial charge in [0.1, 0.15) is 0 Å². The molecule has 0 radical (unpaired) electrons. The van der Waals surface area contributed by atoms with Crippen molar-refractivity contribution in [3.05, 3.63) is 57.9 Å². The van der Waals surface area contributed by atoms with Crippen molar-refractivity contribution in [2.75, 3.05) is 5.73 Å². The summed E-state index contributed by atoms with van der Waals surface area (Å²) in [5, 5.41) is 0.486. The van der Waals surface area contributed by atoms with Gasteiger partial charge in [0, 0.05) is 5.69 Å². The second-order valence-electron chi connectivity index (χ2n) is 4.92. The lowest BCUT2D eigenvalue weighted by Gasteiger charge is -2.06. The second kappa shape index (κ2) is 4.49. The van der Waals surface area contributed by atoms with Gasteiger partial charge in [-0.3, -0.25) is 0 Å². The van der Waals surface area contributed by atoms with Crippen molar-refractivity contribution in [3.8, 4) is 11.5 Å². The molecule has 0 spiro atoms. The maximum atomic E-state index is 12.1. The van der Waals surface area contributed by atoms with Crippen molar-refractivity contribution in [1.29, 1.82) is 0 Å². The molecule has 0 amide bonds. The van der Waals surface area contributed by atoms with Crippen LogP contribution in [0.15, 0.2) is 45.6 Å². The van der Waals surface area contributed by atoms with Crippen LogP contribution in [0.25, 0.3) is 22.4 Å². The van der Waals surface area contributed by atoms with Gasteiger partial charge >= 0.3 is 5.63 Å². The summed E-state index contributed by atoms with van der Waals surface area (Å²) >= 11 is 0. The second-order valence-corrected chi connectivity index (χ2v) is 4.92. The van der Waals surface area contributed by atoms with Gasteiger partial charge in [-0.25, -0.2) is 9.78 Å². The number of nitrogens with zero attached hydrogens (tertiary/aromatic N) is 1. The molecule has 4 heteroatoms. The van der Waals surface area contributed by atoms with Gasteiger partial charge in [0.2, 0.25) is 5.89 Å². The van der Waals surface area contributed by atoms with Crippen LogP contribution in [0.1, 0.15) is 11.1 Å². The van der Waals surface area contributed by atoms with Crippen LogP contribution in [0, 0.1) is 13.8 Å². The van der Waals surface area contributed by atoms with Gasteiger partial charge in [-0.15, -0.1) is 0 Å². The Kier molecular flexibility index (Phi) is 2.79. The van der Waals surface area contributed by atoms with Crippen LogP contribution in [0.4, 0.5) is 5.69 Å². The fourth-order valence-electron chi connectivity index (χ4n) is 2.16. The van der Waals surface area contributed by atoms with Crippen LogP contribution in [0.5, 0.6) is 0 Å². The standard InChI is InChI=1S/C16H14N2O2/c1-9-3-5-13(17)11(7-9)15-18-14-6-4-10(2)8-12(14)16(19)20-15/h3-8H,17H2,1-2H3. The first-order valence-corrected chi connectivity index (χ1v) is 6.32. The minimum Gasteiger partial charge on any atom is -0.403 e. The normalized spacial score (nSPS) is 10.9. The predicted octanol–water partition coefficient (Wildman–Crippen LogP) is 3.05. The zero-order valence-corrected chi connectivity index (χ0v) is 11.3. The van der Waals surface area contributed by atoms with E-state index in [0.717, 1.165) is 11.1 Å². The number of hydrogen-bond acceptors (Lipinski definition) is 4. The monoisotopic (exact) mass is 266 g/mol. The Morgan fingerprint density at radius 1 is 1.05 bits per heavy atom. The molecule has 0 aliphatic rings. The molecule has 0 bridgehead atoms. The van der Waals surface area contributed by atoms with E-state index in [1.807, 2.05) is 38.1 Å². The molecule has 4 nitrogen and oxygen atoms in total. The van der Waals surface area contributed by atoms with Crippen LogP contribution in [0.2, 0.25) is 0 Å². The van der Waals surface area contributed by atoms with Gasteiger partial charge in [0.25, 0.3) is 0 Å². The Bertz CT molecular complexity index is 866. The van der Waals surface area contributed by atoms with E-state index in [1.165, 1.54) is 0 Å². The van der Waals surface area contributed by atoms with Crippen LogP contribution >= 0.6 is 0 Å². The van der Waals surface area contributed by atoms with Gasteiger partial charge in [-0.2, -0.15) is 0 Å². The van der Waals surface area contributed by atoms with Crippen molar-refractivity contribution < 1.29 is 4.42 Å². The molecule has 100 valence electrons. The Balaban J connectivity index is 2.30. The van der Waals surface area contributed by atoms with Crippen molar-refractivity contribution >= 4 is 16.6 Å². The highest BCUT2D eigenvalue weighted by atomic mass is 16.4. The maximum Gasteiger partial charge on any atom is 0.347 e. The summed E-state index contributed by atoms with van der Waals surface area (Å²) < 4.78 is 5.32. The number of nitrogen functional groups attached to an aromatic ring is 1. The van der Waals surface area contributed by atoms with Crippen molar-refractivity contribution in [2.24, 2.45) is 0 Å². The molecule has 2 N–H and O–H groups in total. The number of nitrogens with two attached hydrogens (primary N) is 1. The molecule has 3 rings (SSSR count). The topological polar surface area (TPSA) is 69.1 Å². The van der Waals surface area contributed by atoms with Gasteiger partial charge in [0.15, 0.2) is 0 Å². The summed E-state index contributed by atoms with van der Waals surface area (Å²) in [7, 11) is 0. The molecule has 1 aromatic heterocycles. The number of hydrogen-bond donors (Lipinski definition) is 1. The summed E-state index contributed by atoms with van der Waals surface area (Å²) in [6, 6.07) is 11.1. The highest BCUT2D eigenvalue weighted by Crippen LogP contribution is 2.25. The molecular formula is C16H14N2O2. The first-order valence-electron chi connectivity index (χ1n) is 6.32. The molecule has 2 aromatic carbocycles. The zero-order chi connectivity index (χ0) is 14.3. The highest BCUT2D eigenvalue weighted by Gasteiger charge is 2.11. The molecule has 20 heavy (non-hydrogen) atoms. The summed E-state index contributed by atoms with van der Waals surface area (Å²) in [6.07, 6.45) is 0. The molecule has 0 saturated carbocycles. The zero-order valence-electron chi connectivity index (χ0n) is 11.3. The van der Waals surface area contributed by atoms with E-state index in [9.17, 15) is 4.79 Å². The van der Waals surface area contributed by atoms with E-state index < -0.39 is 5.63 Å². The fraction of sp³-hybridized carbons (Fsp3) is 0.125. The van der Waals surface area contributed by atoms with Gasteiger partial charge in [-0.05, 0) is 38.1 Å². The van der Waals surface area contributed by atoms with Crippen LogP contribution in [0.3, 0.4) is 0 Å². The molecule has 3 aromatic rings. The summed E-state index contributed by atoms with van der Waals surface area (Å²) in [6.45, 7) is 3.87. The predicted molar refractivity (Wildman–Crippen MR) is 79.6 cm³/mol. The van der Waals surface area contributed by atoms with Crippen LogP contribution in [-0.4, -0.2) is 4.98 Å². The quantitative estimate of drug-likeness (QED) is 0.687. The Morgan fingerprint density at radius 2 is 1.75 bits per heavy atom. The first-order chi connectivity index (χ1) is 9.54. The van der Waals surface area contributed by atoms with E-state index in [1.54, 1.807) is 12.1 Å². The molecule has 0 saturated heterocycles. The van der Waals surface area contributed by atoms with Crippen molar-refractivity contribution in [1.82, 2.24) is 4.98 Å². The molecule has 0 atom stereocenters. The third kappa shape index (κ3) is 2.05. The van der Waals surface area contributed by atoms with E-state index in [4.69, 9.17) is 10.2 Å². The minimum absolute atomic E-state index is 0.257.